The van der Waals surface area contributed by atoms with Crippen molar-refractivity contribution in [3.05, 3.63) is 40.7 Å². The zero-order chi connectivity index (χ0) is 14.1. The van der Waals surface area contributed by atoms with Crippen LogP contribution in [0.25, 0.3) is 11.0 Å². The van der Waals surface area contributed by atoms with Gasteiger partial charge in [-0.2, -0.15) is 10.2 Å². The highest BCUT2D eigenvalue weighted by Crippen LogP contribution is 2.37. The van der Waals surface area contributed by atoms with Crippen LogP contribution in [0.15, 0.2) is 39.4 Å². The average Bonchev–Trinajstić information content (AvgIpc) is 2.81. The predicted molar refractivity (Wildman–Crippen MR) is 75.1 cm³/mol. The van der Waals surface area contributed by atoms with Gasteiger partial charge in [0.25, 0.3) is 0 Å². The van der Waals surface area contributed by atoms with Gasteiger partial charge in [-0.25, -0.2) is 4.98 Å². The van der Waals surface area contributed by atoms with E-state index < -0.39 is 0 Å². The number of halogens is 1. The van der Waals surface area contributed by atoms with Crippen molar-refractivity contribution in [3.63, 3.8) is 0 Å². The second-order valence-electron chi connectivity index (χ2n) is 3.85. The van der Waals surface area contributed by atoms with Crippen LogP contribution in [0.5, 0.6) is 11.6 Å². The van der Waals surface area contributed by atoms with E-state index in [4.69, 9.17) is 20.1 Å². The maximum absolute atomic E-state index is 9.13. The van der Waals surface area contributed by atoms with Crippen LogP contribution in [-0.4, -0.2) is 9.97 Å². The Morgan fingerprint density at radius 2 is 2.15 bits per heavy atom. The third-order valence-electron chi connectivity index (χ3n) is 2.58. The second-order valence-corrected chi connectivity index (χ2v) is 4.71. The fourth-order valence-electron chi connectivity index (χ4n) is 1.73. The molecule has 0 radical (unpaired) electrons. The first-order chi connectivity index (χ1) is 9.69. The van der Waals surface area contributed by atoms with Gasteiger partial charge in [0.2, 0.25) is 17.6 Å². The molecule has 0 saturated heterocycles. The van der Waals surface area contributed by atoms with Crippen LogP contribution in [0.4, 0.5) is 5.95 Å². The maximum Gasteiger partial charge on any atom is 0.247 e. The van der Waals surface area contributed by atoms with Crippen LogP contribution in [0.3, 0.4) is 0 Å². The number of rotatable bonds is 2. The fraction of sp³-hybridized carbons (Fsp3) is 0. The molecule has 2 aromatic heterocycles. The van der Waals surface area contributed by atoms with Crippen molar-refractivity contribution in [1.82, 2.24) is 9.97 Å². The molecule has 0 fully saturated rings. The Morgan fingerprint density at radius 1 is 1.35 bits per heavy atom. The number of nitrogens with two attached hydrogens (primary N) is 1. The summed E-state index contributed by atoms with van der Waals surface area (Å²) in [6, 6.07) is 9.16. The number of hydrogen-bond donors (Lipinski definition) is 1. The molecule has 20 heavy (non-hydrogen) atoms. The Kier molecular flexibility index (Phi) is 3.00. The lowest BCUT2D eigenvalue weighted by molar-refractivity contribution is 0.447. The molecule has 2 heterocycles. The number of para-hydroxylation sites is 1. The number of fused-ring (bicyclic) bond motifs is 1. The van der Waals surface area contributed by atoms with Gasteiger partial charge in [0, 0.05) is 0 Å². The Balaban J connectivity index is 2.15. The number of ether oxygens (including phenoxy) is 1. The number of nitrogen functional groups attached to an aromatic ring is 1. The fourth-order valence-corrected chi connectivity index (χ4v) is 2.00. The van der Waals surface area contributed by atoms with E-state index >= 15 is 0 Å². The van der Waals surface area contributed by atoms with Crippen molar-refractivity contribution >= 4 is 32.8 Å². The van der Waals surface area contributed by atoms with E-state index in [2.05, 4.69) is 25.9 Å². The summed E-state index contributed by atoms with van der Waals surface area (Å²) in [5, 5.41) is 9.82. The van der Waals surface area contributed by atoms with E-state index in [0.717, 1.165) is 0 Å². The third-order valence-corrected chi connectivity index (χ3v) is 3.12. The lowest BCUT2D eigenvalue weighted by Crippen LogP contribution is -1.97. The normalized spacial score (nSPS) is 10.4. The Bertz CT molecular complexity index is 838. The first-order valence-electron chi connectivity index (χ1n) is 5.56. The molecule has 0 aliphatic carbocycles. The summed E-state index contributed by atoms with van der Waals surface area (Å²) < 4.78 is 11.6. The van der Waals surface area contributed by atoms with Crippen molar-refractivity contribution in [2.45, 2.75) is 0 Å². The quantitative estimate of drug-likeness (QED) is 0.774. The predicted octanol–water partition coefficient (Wildman–Crippen LogP) is 3.23. The Morgan fingerprint density at radius 3 is 2.95 bits per heavy atom. The molecule has 98 valence electrons. The molecular formula is C13H7BrN4O2. The Labute approximate surface area is 121 Å². The molecule has 0 bridgehead atoms. The van der Waals surface area contributed by atoms with Crippen LogP contribution in [-0.2, 0) is 0 Å². The summed E-state index contributed by atoms with van der Waals surface area (Å²) in [4.78, 5) is 7.80. The second kappa shape index (κ2) is 4.83. The topological polar surface area (TPSA) is 98.0 Å². The standard InChI is InChI=1S/C13H7BrN4O2/c14-8-6-17-13(16)18-12(8)20-11-7-3-1-2-4-9(7)19-10(11)5-15/h1-4,6H,(H2,16,17,18). The molecular weight excluding hydrogens is 324 g/mol. The van der Waals surface area contributed by atoms with Crippen LogP contribution in [0.1, 0.15) is 5.76 Å². The summed E-state index contributed by atoms with van der Waals surface area (Å²) in [5.74, 6) is 0.687. The number of nitriles is 1. The highest BCUT2D eigenvalue weighted by Gasteiger charge is 2.18. The van der Waals surface area contributed by atoms with Gasteiger partial charge in [-0.15, -0.1) is 0 Å². The van der Waals surface area contributed by atoms with Gasteiger partial charge in [-0.3, -0.25) is 0 Å². The minimum Gasteiger partial charge on any atom is -0.442 e. The SMILES string of the molecule is N#Cc1oc2ccccc2c1Oc1nc(N)ncc1Br. The van der Waals surface area contributed by atoms with Crippen LogP contribution in [0.2, 0.25) is 0 Å². The van der Waals surface area contributed by atoms with Crippen molar-refractivity contribution in [3.8, 4) is 17.7 Å². The van der Waals surface area contributed by atoms with E-state index in [1.807, 2.05) is 18.2 Å². The highest BCUT2D eigenvalue weighted by molar-refractivity contribution is 9.10. The summed E-state index contributed by atoms with van der Waals surface area (Å²) in [7, 11) is 0. The van der Waals surface area contributed by atoms with Crippen LogP contribution in [0, 0.1) is 11.3 Å². The van der Waals surface area contributed by atoms with Crippen molar-refractivity contribution in [2.75, 3.05) is 5.73 Å². The van der Waals surface area contributed by atoms with Gasteiger partial charge in [0.1, 0.15) is 11.7 Å². The molecule has 1 aromatic carbocycles. The summed E-state index contributed by atoms with van der Waals surface area (Å²) in [6.07, 6.45) is 1.48. The zero-order valence-electron chi connectivity index (χ0n) is 10.0. The smallest absolute Gasteiger partial charge is 0.247 e. The molecule has 7 heteroatoms. The first-order valence-corrected chi connectivity index (χ1v) is 6.36. The molecule has 0 aliphatic heterocycles. The molecule has 3 aromatic rings. The molecule has 0 amide bonds. The first kappa shape index (κ1) is 12.4. The number of aromatic nitrogens is 2. The monoisotopic (exact) mass is 330 g/mol. The number of anilines is 1. The van der Waals surface area contributed by atoms with Gasteiger partial charge in [-0.1, -0.05) is 12.1 Å². The van der Waals surface area contributed by atoms with E-state index in [-0.39, 0.29) is 17.6 Å². The van der Waals surface area contributed by atoms with Gasteiger partial charge in [0.15, 0.2) is 5.75 Å². The largest absolute Gasteiger partial charge is 0.442 e. The molecule has 6 nitrogen and oxygen atoms in total. The van der Waals surface area contributed by atoms with Crippen molar-refractivity contribution in [1.29, 1.82) is 5.26 Å². The average molecular weight is 331 g/mol. The number of hydrogen-bond acceptors (Lipinski definition) is 6. The highest BCUT2D eigenvalue weighted by atomic mass is 79.9. The minimum absolute atomic E-state index is 0.0782. The van der Waals surface area contributed by atoms with Gasteiger partial charge in [-0.05, 0) is 28.1 Å². The zero-order valence-corrected chi connectivity index (χ0v) is 11.6. The van der Waals surface area contributed by atoms with Gasteiger partial charge >= 0.3 is 0 Å². The lowest BCUT2D eigenvalue weighted by Gasteiger charge is -2.05. The van der Waals surface area contributed by atoms with E-state index in [1.165, 1.54) is 6.20 Å². The van der Waals surface area contributed by atoms with Crippen molar-refractivity contribution < 1.29 is 9.15 Å². The number of nitrogens with zero attached hydrogens (tertiary/aromatic N) is 3. The van der Waals surface area contributed by atoms with Crippen LogP contribution < -0.4 is 10.5 Å². The molecule has 3 rings (SSSR count). The van der Waals surface area contributed by atoms with Gasteiger partial charge in [0.05, 0.1) is 16.1 Å². The molecule has 2 N–H and O–H groups in total. The molecule has 0 aliphatic rings. The molecule has 0 unspecified atom stereocenters. The van der Waals surface area contributed by atoms with Crippen LogP contribution >= 0.6 is 15.9 Å². The molecule has 0 saturated carbocycles. The summed E-state index contributed by atoms with van der Waals surface area (Å²) in [5.41, 5.74) is 6.09. The minimum atomic E-state index is 0.0782. The van der Waals surface area contributed by atoms with Gasteiger partial charge < -0.3 is 14.9 Å². The number of benzene rings is 1. The number of furan rings is 1. The maximum atomic E-state index is 9.13. The summed E-state index contributed by atoms with van der Waals surface area (Å²) in [6.45, 7) is 0. The Hall–Kier alpha value is -2.59. The summed E-state index contributed by atoms with van der Waals surface area (Å²) >= 11 is 3.27. The van der Waals surface area contributed by atoms with E-state index in [9.17, 15) is 0 Å². The molecule has 0 atom stereocenters. The molecule has 0 spiro atoms. The lowest BCUT2D eigenvalue weighted by atomic mass is 10.2. The van der Waals surface area contributed by atoms with E-state index in [0.29, 0.717) is 21.2 Å². The van der Waals surface area contributed by atoms with E-state index in [1.54, 1.807) is 12.1 Å². The van der Waals surface area contributed by atoms with Crippen molar-refractivity contribution in [2.24, 2.45) is 0 Å². The third kappa shape index (κ3) is 2.06.